The van der Waals surface area contributed by atoms with Crippen LogP contribution in [-0.2, 0) is 0 Å². The van der Waals surface area contributed by atoms with E-state index in [1.54, 1.807) is 18.9 Å². The van der Waals surface area contributed by atoms with E-state index in [1.807, 2.05) is 13.8 Å². The summed E-state index contributed by atoms with van der Waals surface area (Å²) in [5, 5.41) is 11.4. The third kappa shape index (κ3) is 3.96. The molecule has 1 saturated heterocycles. The molecule has 0 aliphatic carbocycles. The lowest BCUT2D eigenvalue weighted by Crippen LogP contribution is -2.60. The van der Waals surface area contributed by atoms with Gasteiger partial charge in [-0.2, -0.15) is 0 Å². The van der Waals surface area contributed by atoms with E-state index in [9.17, 15) is 8.78 Å². The first-order chi connectivity index (χ1) is 7.51. The Labute approximate surface area is 96.8 Å². The van der Waals surface area contributed by atoms with Gasteiger partial charge in [0.25, 0.3) is 5.92 Å². The number of alkyl halides is 2. The molecule has 1 heterocycles. The number of β-amino-alcohol motifs (C(OH)–C–C–N with tert-alkyl or cyclic N) is 1. The lowest BCUT2D eigenvalue weighted by atomic mass is 9.91. The Morgan fingerprint density at radius 1 is 1.44 bits per heavy atom. The van der Waals surface area contributed by atoms with Gasteiger partial charge in [-0.05, 0) is 13.0 Å². The second-order valence-electron chi connectivity index (χ2n) is 3.96. The number of aliphatic hydroxyl groups is 1. The molecular formula is C11H24F2N2O. The molecule has 2 unspecified atom stereocenters. The van der Waals surface area contributed by atoms with Crippen LogP contribution in [0.25, 0.3) is 0 Å². The maximum absolute atomic E-state index is 13.5. The lowest BCUT2D eigenvalue weighted by molar-refractivity contribution is -0.109. The third-order valence-corrected chi connectivity index (χ3v) is 2.73. The van der Waals surface area contributed by atoms with Crippen LogP contribution in [0.5, 0.6) is 0 Å². The Balaban J connectivity index is 0.00000106. The quantitative estimate of drug-likeness (QED) is 0.775. The van der Waals surface area contributed by atoms with Gasteiger partial charge in [-0.15, -0.1) is 0 Å². The molecule has 1 rings (SSSR count). The molecule has 0 amide bonds. The van der Waals surface area contributed by atoms with E-state index < -0.39 is 12.0 Å². The van der Waals surface area contributed by atoms with Gasteiger partial charge in [0.05, 0.1) is 19.2 Å². The number of rotatable bonds is 3. The highest BCUT2D eigenvalue weighted by molar-refractivity contribution is 4.94. The van der Waals surface area contributed by atoms with Crippen molar-refractivity contribution in [2.75, 3.05) is 33.3 Å². The van der Waals surface area contributed by atoms with Crippen molar-refractivity contribution in [2.45, 2.75) is 32.7 Å². The zero-order chi connectivity index (χ0) is 12.8. The van der Waals surface area contributed by atoms with Gasteiger partial charge in [-0.1, -0.05) is 20.8 Å². The van der Waals surface area contributed by atoms with Crippen molar-refractivity contribution in [1.82, 2.24) is 10.2 Å². The Morgan fingerprint density at radius 2 is 2.00 bits per heavy atom. The second-order valence-corrected chi connectivity index (χ2v) is 3.96. The highest BCUT2D eigenvalue weighted by atomic mass is 19.3. The maximum atomic E-state index is 13.5. The zero-order valence-electron chi connectivity index (χ0n) is 10.6. The van der Waals surface area contributed by atoms with Crippen LogP contribution in [0.3, 0.4) is 0 Å². The minimum atomic E-state index is -2.71. The molecule has 0 aromatic heterocycles. The summed E-state index contributed by atoms with van der Waals surface area (Å²) >= 11 is 0. The van der Waals surface area contributed by atoms with Gasteiger partial charge >= 0.3 is 0 Å². The molecular weight excluding hydrogens is 214 g/mol. The first kappa shape index (κ1) is 15.7. The second kappa shape index (κ2) is 7.14. The number of aliphatic hydroxyl groups excluding tert-OH is 1. The minimum Gasteiger partial charge on any atom is -0.395 e. The number of piperidine rings is 1. The van der Waals surface area contributed by atoms with Crippen LogP contribution in [0, 0.1) is 5.92 Å². The van der Waals surface area contributed by atoms with Crippen LogP contribution in [0.4, 0.5) is 8.78 Å². The Hall–Kier alpha value is -0.260. The van der Waals surface area contributed by atoms with Gasteiger partial charge in [0.2, 0.25) is 0 Å². The van der Waals surface area contributed by atoms with E-state index in [1.165, 1.54) is 0 Å². The molecule has 0 bridgehead atoms. The number of nitrogens with one attached hydrogen (secondary N) is 1. The van der Waals surface area contributed by atoms with Crippen LogP contribution in [0.15, 0.2) is 0 Å². The Bertz CT molecular complexity index is 191. The molecule has 1 aliphatic rings. The fourth-order valence-electron chi connectivity index (χ4n) is 2.20. The number of hydrogen-bond donors (Lipinski definition) is 2. The van der Waals surface area contributed by atoms with E-state index in [2.05, 4.69) is 5.32 Å². The molecule has 0 aromatic rings. The molecule has 16 heavy (non-hydrogen) atoms. The maximum Gasteiger partial charge on any atom is 0.275 e. The van der Waals surface area contributed by atoms with Crippen molar-refractivity contribution < 1.29 is 13.9 Å². The van der Waals surface area contributed by atoms with Gasteiger partial charge in [0.1, 0.15) is 0 Å². The van der Waals surface area contributed by atoms with Crippen molar-refractivity contribution in [3.05, 3.63) is 0 Å². The highest BCUT2D eigenvalue weighted by Gasteiger charge is 2.47. The van der Waals surface area contributed by atoms with E-state index in [4.69, 9.17) is 5.11 Å². The van der Waals surface area contributed by atoms with Gasteiger partial charge in [0, 0.05) is 13.1 Å². The molecule has 98 valence electrons. The molecule has 0 radical (unpaired) electrons. The highest BCUT2D eigenvalue weighted by Crippen LogP contribution is 2.30. The fraction of sp³-hybridized carbons (Fsp3) is 1.00. The summed E-state index contributed by atoms with van der Waals surface area (Å²) in [4.78, 5) is 1.61. The summed E-state index contributed by atoms with van der Waals surface area (Å²) < 4.78 is 27.0. The normalized spacial score (nSPS) is 29.4. The standard InChI is InChI=1S/C9H18F2N2O.C2H6/c1-7-5-13(3-4-14)6-9(10,11)8(7)12-2;1-2/h7-8,12,14H,3-6H2,1-2H3;1-2H3. The predicted molar refractivity (Wildman–Crippen MR) is 61.8 cm³/mol. The molecule has 0 saturated carbocycles. The first-order valence-corrected chi connectivity index (χ1v) is 5.89. The average molecular weight is 238 g/mol. The van der Waals surface area contributed by atoms with E-state index in [-0.39, 0.29) is 19.1 Å². The summed E-state index contributed by atoms with van der Waals surface area (Å²) in [6.07, 6.45) is 0. The first-order valence-electron chi connectivity index (χ1n) is 5.89. The number of likely N-dealkylation sites (tertiary alicyclic amines) is 1. The molecule has 0 aromatic carbocycles. The number of nitrogens with zero attached hydrogens (tertiary/aromatic N) is 1. The van der Waals surface area contributed by atoms with Crippen LogP contribution in [0.2, 0.25) is 0 Å². The number of halogens is 2. The SMILES string of the molecule is CC.CNC1C(C)CN(CCO)CC1(F)F. The largest absolute Gasteiger partial charge is 0.395 e. The van der Waals surface area contributed by atoms with E-state index in [0.717, 1.165) is 0 Å². The molecule has 2 atom stereocenters. The van der Waals surface area contributed by atoms with E-state index in [0.29, 0.717) is 13.1 Å². The molecule has 1 fully saturated rings. The lowest BCUT2D eigenvalue weighted by Gasteiger charge is -2.42. The third-order valence-electron chi connectivity index (χ3n) is 2.73. The molecule has 0 spiro atoms. The Morgan fingerprint density at radius 3 is 2.38 bits per heavy atom. The topological polar surface area (TPSA) is 35.5 Å². The summed E-state index contributed by atoms with van der Waals surface area (Å²) in [6, 6.07) is -0.752. The molecule has 2 N–H and O–H groups in total. The molecule has 3 nitrogen and oxygen atoms in total. The van der Waals surface area contributed by atoms with Crippen molar-refractivity contribution in [1.29, 1.82) is 0 Å². The van der Waals surface area contributed by atoms with Crippen molar-refractivity contribution in [3.8, 4) is 0 Å². The van der Waals surface area contributed by atoms with Crippen molar-refractivity contribution >= 4 is 0 Å². The zero-order valence-corrected chi connectivity index (χ0v) is 10.6. The van der Waals surface area contributed by atoms with Crippen LogP contribution in [-0.4, -0.2) is 55.3 Å². The van der Waals surface area contributed by atoms with Gasteiger partial charge < -0.3 is 10.4 Å². The van der Waals surface area contributed by atoms with Gasteiger partial charge in [0.15, 0.2) is 0 Å². The smallest absolute Gasteiger partial charge is 0.275 e. The summed E-state index contributed by atoms with van der Waals surface area (Å²) in [5.41, 5.74) is 0. The van der Waals surface area contributed by atoms with Gasteiger partial charge in [-0.25, -0.2) is 8.78 Å². The minimum absolute atomic E-state index is 0.0625. The summed E-state index contributed by atoms with van der Waals surface area (Å²) in [6.45, 7) is 6.42. The van der Waals surface area contributed by atoms with Crippen molar-refractivity contribution in [3.63, 3.8) is 0 Å². The van der Waals surface area contributed by atoms with Gasteiger partial charge in [-0.3, -0.25) is 4.90 Å². The van der Waals surface area contributed by atoms with Crippen LogP contribution >= 0.6 is 0 Å². The average Bonchev–Trinajstić information content (AvgIpc) is 2.19. The van der Waals surface area contributed by atoms with Crippen LogP contribution in [0.1, 0.15) is 20.8 Å². The molecule has 1 aliphatic heterocycles. The fourth-order valence-corrected chi connectivity index (χ4v) is 2.20. The monoisotopic (exact) mass is 238 g/mol. The Kier molecular flexibility index (Phi) is 7.03. The van der Waals surface area contributed by atoms with Crippen molar-refractivity contribution in [2.24, 2.45) is 5.92 Å². The molecule has 5 heteroatoms. The summed E-state index contributed by atoms with van der Waals surface area (Å²) in [5.74, 6) is -2.81. The van der Waals surface area contributed by atoms with E-state index >= 15 is 0 Å². The predicted octanol–water partition coefficient (Wildman–Crippen LogP) is 1.18. The van der Waals surface area contributed by atoms with Crippen LogP contribution < -0.4 is 5.32 Å². The summed E-state index contributed by atoms with van der Waals surface area (Å²) in [7, 11) is 1.57. The number of hydrogen-bond acceptors (Lipinski definition) is 3.